The van der Waals surface area contributed by atoms with Crippen molar-refractivity contribution in [1.29, 1.82) is 0 Å². The molecule has 0 fully saturated rings. The molecule has 2 heterocycles. The number of hydrogen-bond acceptors (Lipinski definition) is 5. The smallest absolute Gasteiger partial charge is 0.266 e. The number of benzene rings is 3. The molecule has 152 valence electrons. The van der Waals surface area contributed by atoms with Gasteiger partial charge in [-0.3, -0.25) is 14.2 Å². The van der Waals surface area contributed by atoms with Crippen molar-refractivity contribution in [2.75, 3.05) is 7.11 Å². The van der Waals surface area contributed by atoms with E-state index < -0.39 is 0 Å². The van der Waals surface area contributed by atoms with Gasteiger partial charge in [0.25, 0.3) is 5.56 Å². The Balaban J connectivity index is 1.81. The Morgan fingerprint density at radius 2 is 1.61 bits per heavy atom. The second-order valence-electron chi connectivity index (χ2n) is 7.15. The minimum absolute atomic E-state index is 0.136. The van der Waals surface area contributed by atoms with E-state index in [1.807, 2.05) is 72.8 Å². The maximum Gasteiger partial charge on any atom is 0.266 e. The summed E-state index contributed by atoms with van der Waals surface area (Å²) < 4.78 is 7.63. The fourth-order valence-corrected chi connectivity index (χ4v) is 4.69. The highest BCUT2D eigenvalue weighted by atomic mass is 32.1. The quantitative estimate of drug-likeness (QED) is 0.391. The molecule has 5 aromatic rings. The van der Waals surface area contributed by atoms with Gasteiger partial charge in [0, 0.05) is 15.6 Å². The van der Waals surface area contributed by atoms with Crippen molar-refractivity contribution in [3.63, 3.8) is 0 Å². The highest BCUT2D eigenvalue weighted by Gasteiger charge is 2.17. The van der Waals surface area contributed by atoms with Crippen LogP contribution in [-0.2, 0) is 6.54 Å². The number of rotatable bonds is 4. The first-order chi connectivity index (χ1) is 15.2. The zero-order valence-electron chi connectivity index (χ0n) is 16.7. The highest BCUT2D eigenvalue weighted by molar-refractivity contribution is 7.24. The van der Waals surface area contributed by atoms with Crippen molar-refractivity contribution in [1.82, 2.24) is 9.55 Å². The Hall–Kier alpha value is -3.77. The molecule has 5 rings (SSSR count). The van der Waals surface area contributed by atoms with Gasteiger partial charge in [-0.1, -0.05) is 54.6 Å². The zero-order chi connectivity index (χ0) is 21.4. The van der Waals surface area contributed by atoms with Crippen molar-refractivity contribution < 1.29 is 4.74 Å². The van der Waals surface area contributed by atoms with Gasteiger partial charge in [0.05, 0.1) is 13.7 Å². The van der Waals surface area contributed by atoms with E-state index in [9.17, 15) is 9.59 Å². The molecule has 0 aliphatic heterocycles. The van der Waals surface area contributed by atoms with Crippen molar-refractivity contribution in [3.8, 4) is 17.1 Å². The van der Waals surface area contributed by atoms with Crippen LogP contribution in [0.15, 0.2) is 88.5 Å². The minimum atomic E-state index is -0.327. The topological polar surface area (TPSA) is 61.2 Å². The number of fused-ring (bicyclic) bond motifs is 2. The third-order valence-corrected chi connectivity index (χ3v) is 6.30. The average Bonchev–Trinajstić information content (AvgIpc) is 2.81. The number of nitrogens with zero attached hydrogens (tertiary/aromatic N) is 2. The summed E-state index contributed by atoms with van der Waals surface area (Å²) in [5.74, 6) is 1.28. The number of aromatic nitrogens is 2. The third kappa shape index (κ3) is 3.41. The molecule has 3 aromatic carbocycles. The summed E-state index contributed by atoms with van der Waals surface area (Å²) in [6.07, 6.45) is 0. The summed E-state index contributed by atoms with van der Waals surface area (Å²) in [5.41, 5.74) is 1.14. The van der Waals surface area contributed by atoms with E-state index in [-0.39, 0.29) is 16.4 Å². The van der Waals surface area contributed by atoms with Crippen LogP contribution in [0.5, 0.6) is 5.75 Å². The van der Waals surface area contributed by atoms with Crippen LogP contribution >= 0.6 is 11.3 Å². The molecule has 0 saturated carbocycles. The van der Waals surface area contributed by atoms with Crippen LogP contribution in [-0.4, -0.2) is 16.7 Å². The average molecular weight is 426 g/mol. The molecule has 0 amide bonds. The van der Waals surface area contributed by atoms with Crippen LogP contribution in [0, 0.1) is 0 Å². The first-order valence-corrected chi connectivity index (χ1v) is 10.6. The van der Waals surface area contributed by atoms with Gasteiger partial charge in [0.2, 0.25) is 5.43 Å². The summed E-state index contributed by atoms with van der Waals surface area (Å²) in [7, 11) is 1.61. The monoisotopic (exact) mass is 426 g/mol. The lowest BCUT2D eigenvalue weighted by atomic mass is 10.1. The van der Waals surface area contributed by atoms with E-state index in [1.165, 1.54) is 11.3 Å². The number of ether oxygens (including phenoxy) is 1. The fraction of sp³-hybridized carbons (Fsp3) is 0.0800. The van der Waals surface area contributed by atoms with Gasteiger partial charge in [0.15, 0.2) is 0 Å². The molecule has 0 bridgehead atoms. The van der Waals surface area contributed by atoms with Crippen LogP contribution in [0.25, 0.3) is 31.7 Å². The Bertz CT molecular complexity index is 1520. The van der Waals surface area contributed by atoms with Crippen molar-refractivity contribution >= 4 is 31.6 Å². The van der Waals surface area contributed by atoms with Crippen LogP contribution in [0.4, 0.5) is 0 Å². The minimum Gasteiger partial charge on any atom is -0.497 e. The van der Waals surface area contributed by atoms with Gasteiger partial charge >= 0.3 is 0 Å². The lowest BCUT2D eigenvalue weighted by Gasteiger charge is -2.14. The molecule has 0 aliphatic carbocycles. The number of methoxy groups -OCH3 is 1. The van der Waals surface area contributed by atoms with Crippen LogP contribution in [0.1, 0.15) is 5.56 Å². The third-order valence-electron chi connectivity index (χ3n) is 5.23. The second kappa shape index (κ2) is 7.81. The first kappa shape index (κ1) is 19.2. The summed E-state index contributed by atoms with van der Waals surface area (Å²) >= 11 is 1.37. The molecule has 0 spiro atoms. The van der Waals surface area contributed by atoms with E-state index in [4.69, 9.17) is 9.72 Å². The molecule has 6 heteroatoms. The molecule has 5 nitrogen and oxygen atoms in total. The molecule has 2 aromatic heterocycles. The molecular formula is C25H18N2O3S. The highest BCUT2D eigenvalue weighted by Crippen LogP contribution is 2.25. The van der Waals surface area contributed by atoms with Crippen molar-refractivity contribution in [3.05, 3.63) is 105 Å². The summed E-state index contributed by atoms with van der Waals surface area (Å²) in [6.45, 7) is 0.299. The molecular weight excluding hydrogens is 408 g/mol. The fourth-order valence-electron chi connectivity index (χ4n) is 3.65. The molecule has 31 heavy (non-hydrogen) atoms. The summed E-state index contributed by atoms with van der Waals surface area (Å²) in [5, 5.41) is 0.680. The first-order valence-electron chi connectivity index (χ1n) is 9.80. The van der Waals surface area contributed by atoms with E-state index in [0.29, 0.717) is 22.6 Å². The number of hydrogen-bond donors (Lipinski definition) is 0. The Labute approximate surface area is 181 Å². The predicted molar refractivity (Wildman–Crippen MR) is 125 cm³/mol. The standard InChI is InChI=1S/C25H18N2O3S/c1-30-18-13-11-16(12-14-18)15-27-23(17-7-3-2-4-8-17)26-24-21(25(27)29)22(28)19-9-5-6-10-20(19)31-24/h2-14H,15H2,1H3. The van der Waals surface area contributed by atoms with Crippen LogP contribution in [0.3, 0.4) is 0 Å². The van der Waals surface area contributed by atoms with Crippen LogP contribution in [0.2, 0.25) is 0 Å². The molecule has 0 atom stereocenters. The lowest BCUT2D eigenvalue weighted by Crippen LogP contribution is -2.27. The molecule has 0 unspecified atom stereocenters. The van der Waals surface area contributed by atoms with E-state index in [2.05, 4.69) is 0 Å². The zero-order valence-corrected chi connectivity index (χ0v) is 17.6. The Morgan fingerprint density at radius 3 is 2.35 bits per heavy atom. The Morgan fingerprint density at radius 1 is 0.903 bits per heavy atom. The van der Waals surface area contributed by atoms with Crippen molar-refractivity contribution in [2.24, 2.45) is 0 Å². The maximum atomic E-state index is 13.6. The maximum absolute atomic E-state index is 13.6. The second-order valence-corrected chi connectivity index (χ2v) is 8.18. The molecule has 0 N–H and O–H groups in total. The molecule has 0 aliphatic rings. The van der Waals surface area contributed by atoms with E-state index in [0.717, 1.165) is 21.6 Å². The van der Waals surface area contributed by atoms with Gasteiger partial charge in [-0.2, -0.15) is 0 Å². The van der Waals surface area contributed by atoms with Gasteiger partial charge in [-0.25, -0.2) is 4.98 Å². The largest absolute Gasteiger partial charge is 0.497 e. The van der Waals surface area contributed by atoms with E-state index >= 15 is 0 Å². The van der Waals surface area contributed by atoms with Gasteiger partial charge in [0.1, 0.15) is 21.8 Å². The summed E-state index contributed by atoms with van der Waals surface area (Å²) in [6, 6.07) is 24.4. The normalized spacial score (nSPS) is 11.1. The molecule has 0 saturated heterocycles. The van der Waals surface area contributed by atoms with Crippen LogP contribution < -0.4 is 15.7 Å². The predicted octanol–water partition coefficient (Wildman–Crippen LogP) is 4.70. The van der Waals surface area contributed by atoms with Gasteiger partial charge in [-0.05, 0) is 29.8 Å². The van der Waals surface area contributed by atoms with Gasteiger partial charge in [-0.15, -0.1) is 11.3 Å². The lowest BCUT2D eigenvalue weighted by molar-refractivity contribution is 0.414. The van der Waals surface area contributed by atoms with Crippen molar-refractivity contribution in [2.45, 2.75) is 6.54 Å². The Kier molecular flexibility index (Phi) is 4.84. The summed E-state index contributed by atoms with van der Waals surface area (Å²) in [4.78, 5) is 32.1. The van der Waals surface area contributed by atoms with Gasteiger partial charge < -0.3 is 4.74 Å². The SMILES string of the molecule is COc1ccc(Cn2c(-c3ccccc3)nc3sc4ccccc4c(=O)c3c2=O)cc1. The molecule has 0 radical (unpaired) electrons. The van der Waals surface area contributed by atoms with E-state index in [1.54, 1.807) is 17.7 Å².